The van der Waals surface area contributed by atoms with Crippen molar-refractivity contribution >= 4 is 0 Å². The maximum atomic E-state index is 12.7. The number of benzene rings is 1. The Morgan fingerprint density at radius 3 is 2.38 bits per heavy atom. The molecule has 1 aromatic carbocycles. The number of aliphatic hydroxyl groups is 1. The standard InChI is InChI=1S/C9H11F2NO/c1-5(13)9(12)6-2-3-7(10)8(11)4-6/h2-5,9,13H,12H2,1H3/t5-,9-/m0/s1. The third-order valence-corrected chi connectivity index (χ3v) is 1.85. The molecule has 0 radical (unpaired) electrons. The molecule has 72 valence electrons. The van der Waals surface area contributed by atoms with Gasteiger partial charge in [0.25, 0.3) is 0 Å². The number of hydrogen-bond donors (Lipinski definition) is 2. The summed E-state index contributed by atoms with van der Waals surface area (Å²) in [5, 5.41) is 9.09. The lowest BCUT2D eigenvalue weighted by atomic mass is 10.0. The lowest BCUT2D eigenvalue weighted by molar-refractivity contribution is 0.164. The Labute approximate surface area is 75.0 Å². The first-order valence-corrected chi connectivity index (χ1v) is 3.91. The topological polar surface area (TPSA) is 46.2 Å². The second-order valence-electron chi connectivity index (χ2n) is 2.94. The zero-order valence-corrected chi connectivity index (χ0v) is 7.17. The normalized spacial score (nSPS) is 15.5. The van der Waals surface area contributed by atoms with Crippen LogP contribution in [0.2, 0.25) is 0 Å². The summed E-state index contributed by atoms with van der Waals surface area (Å²) in [6, 6.07) is 2.66. The van der Waals surface area contributed by atoms with Crippen molar-refractivity contribution in [3.8, 4) is 0 Å². The molecule has 2 atom stereocenters. The van der Waals surface area contributed by atoms with E-state index in [4.69, 9.17) is 10.8 Å². The molecule has 0 heterocycles. The SMILES string of the molecule is C[C@H](O)[C@H](N)c1ccc(F)c(F)c1. The summed E-state index contributed by atoms with van der Waals surface area (Å²) in [4.78, 5) is 0. The fourth-order valence-corrected chi connectivity index (χ4v) is 0.998. The molecule has 1 rings (SSSR count). The summed E-state index contributed by atoms with van der Waals surface area (Å²) < 4.78 is 25.2. The molecule has 0 aliphatic carbocycles. The van der Waals surface area contributed by atoms with E-state index in [1.165, 1.54) is 13.0 Å². The van der Waals surface area contributed by atoms with E-state index in [-0.39, 0.29) is 0 Å². The van der Waals surface area contributed by atoms with Crippen LogP contribution in [-0.2, 0) is 0 Å². The maximum absolute atomic E-state index is 12.7. The summed E-state index contributed by atoms with van der Waals surface area (Å²) in [5.74, 6) is -1.87. The summed E-state index contributed by atoms with van der Waals surface area (Å²) >= 11 is 0. The van der Waals surface area contributed by atoms with E-state index in [0.29, 0.717) is 5.56 Å². The highest BCUT2D eigenvalue weighted by molar-refractivity contribution is 5.21. The first-order chi connectivity index (χ1) is 6.02. The van der Waals surface area contributed by atoms with Crippen LogP contribution in [0.25, 0.3) is 0 Å². The molecule has 0 fully saturated rings. The van der Waals surface area contributed by atoms with Gasteiger partial charge in [0.05, 0.1) is 12.1 Å². The van der Waals surface area contributed by atoms with Gasteiger partial charge >= 0.3 is 0 Å². The fourth-order valence-electron chi connectivity index (χ4n) is 0.998. The van der Waals surface area contributed by atoms with Crippen molar-refractivity contribution in [3.63, 3.8) is 0 Å². The Bertz CT molecular complexity index is 302. The molecule has 2 nitrogen and oxygen atoms in total. The first kappa shape index (κ1) is 10.1. The van der Waals surface area contributed by atoms with E-state index >= 15 is 0 Å². The van der Waals surface area contributed by atoms with E-state index < -0.39 is 23.8 Å². The Morgan fingerprint density at radius 1 is 1.31 bits per heavy atom. The zero-order valence-electron chi connectivity index (χ0n) is 7.17. The van der Waals surface area contributed by atoms with Crippen molar-refractivity contribution in [1.82, 2.24) is 0 Å². The molecule has 0 amide bonds. The maximum Gasteiger partial charge on any atom is 0.159 e. The average molecular weight is 187 g/mol. The molecule has 13 heavy (non-hydrogen) atoms. The zero-order chi connectivity index (χ0) is 10.0. The third-order valence-electron chi connectivity index (χ3n) is 1.85. The smallest absolute Gasteiger partial charge is 0.159 e. The molecule has 0 spiro atoms. The number of aliphatic hydroxyl groups excluding tert-OH is 1. The quantitative estimate of drug-likeness (QED) is 0.734. The van der Waals surface area contributed by atoms with Crippen LogP contribution >= 0.6 is 0 Å². The molecule has 0 saturated heterocycles. The molecule has 0 unspecified atom stereocenters. The Morgan fingerprint density at radius 2 is 1.92 bits per heavy atom. The van der Waals surface area contributed by atoms with E-state index in [1.54, 1.807) is 0 Å². The second-order valence-corrected chi connectivity index (χ2v) is 2.94. The van der Waals surface area contributed by atoms with Gasteiger partial charge in [0, 0.05) is 0 Å². The summed E-state index contributed by atoms with van der Waals surface area (Å²) in [5.41, 5.74) is 5.90. The number of rotatable bonds is 2. The molecule has 0 aliphatic rings. The van der Waals surface area contributed by atoms with Crippen molar-refractivity contribution in [3.05, 3.63) is 35.4 Å². The predicted octanol–water partition coefficient (Wildman–Crippen LogP) is 1.35. The van der Waals surface area contributed by atoms with Crippen LogP contribution in [0.4, 0.5) is 8.78 Å². The van der Waals surface area contributed by atoms with E-state index in [1.807, 2.05) is 0 Å². The number of halogens is 2. The van der Waals surface area contributed by atoms with Gasteiger partial charge in [0.2, 0.25) is 0 Å². The molecule has 0 bridgehead atoms. The highest BCUT2D eigenvalue weighted by atomic mass is 19.2. The number of nitrogens with two attached hydrogens (primary N) is 1. The minimum absolute atomic E-state index is 0.383. The van der Waals surface area contributed by atoms with Crippen molar-refractivity contribution in [2.75, 3.05) is 0 Å². The molecule has 0 aromatic heterocycles. The first-order valence-electron chi connectivity index (χ1n) is 3.91. The highest BCUT2D eigenvalue weighted by Crippen LogP contribution is 2.16. The summed E-state index contributed by atoms with van der Waals surface area (Å²) in [7, 11) is 0. The van der Waals surface area contributed by atoms with Crippen LogP contribution in [0.15, 0.2) is 18.2 Å². The van der Waals surface area contributed by atoms with E-state index in [9.17, 15) is 8.78 Å². The second kappa shape index (κ2) is 3.81. The Balaban J connectivity index is 2.97. The number of hydrogen-bond acceptors (Lipinski definition) is 2. The minimum Gasteiger partial charge on any atom is -0.391 e. The van der Waals surface area contributed by atoms with Crippen molar-refractivity contribution < 1.29 is 13.9 Å². The van der Waals surface area contributed by atoms with Gasteiger partial charge in [0.15, 0.2) is 11.6 Å². The van der Waals surface area contributed by atoms with E-state index in [0.717, 1.165) is 12.1 Å². The molecule has 3 N–H and O–H groups in total. The Kier molecular flexibility index (Phi) is 2.95. The van der Waals surface area contributed by atoms with Gasteiger partial charge in [0.1, 0.15) is 0 Å². The summed E-state index contributed by atoms with van der Waals surface area (Å²) in [6.45, 7) is 1.49. The van der Waals surface area contributed by atoms with Crippen LogP contribution in [-0.4, -0.2) is 11.2 Å². The van der Waals surface area contributed by atoms with Crippen molar-refractivity contribution in [2.24, 2.45) is 5.73 Å². The Hall–Kier alpha value is -1.00. The van der Waals surface area contributed by atoms with Crippen LogP contribution in [0.1, 0.15) is 18.5 Å². The average Bonchev–Trinajstić information content (AvgIpc) is 2.08. The van der Waals surface area contributed by atoms with Gasteiger partial charge in [-0.25, -0.2) is 8.78 Å². The largest absolute Gasteiger partial charge is 0.391 e. The predicted molar refractivity (Wildman–Crippen MR) is 45.0 cm³/mol. The third kappa shape index (κ3) is 2.23. The minimum atomic E-state index is -0.950. The van der Waals surface area contributed by atoms with Gasteiger partial charge in [-0.05, 0) is 24.6 Å². The van der Waals surface area contributed by atoms with Crippen LogP contribution in [0.5, 0.6) is 0 Å². The lowest BCUT2D eigenvalue weighted by Gasteiger charge is -2.14. The van der Waals surface area contributed by atoms with Crippen molar-refractivity contribution in [2.45, 2.75) is 19.1 Å². The molecular weight excluding hydrogens is 176 g/mol. The molecule has 0 aliphatic heterocycles. The monoisotopic (exact) mass is 187 g/mol. The van der Waals surface area contributed by atoms with Gasteiger partial charge in [-0.2, -0.15) is 0 Å². The highest BCUT2D eigenvalue weighted by Gasteiger charge is 2.13. The molecular formula is C9H11F2NO. The molecule has 1 aromatic rings. The van der Waals surface area contributed by atoms with Gasteiger partial charge in [-0.3, -0.25) is 0 Å². The van der Waals surface area contributed by atoms with Gasteiger partial charge in [-0.15, -0.1) is 0 Å². The van der Waals surface area contributed by atoms with Crippen LogP contribution < -0.4 is 5.73 Å². The summed E-state index contributed by atoms with van der Waals surface area (Å²) in [6.07, 6.45) is -0.787. The van der Waals surface area contributed by atoms with Crippen LogP contribution in [0, 0.1) is 11.6 Å². The van der Waals surface area contributed by atoms with Crippen LogP contribution in [0.3, 0.4) is 0 Å². The van der Waals surface area contributed by atoms with Gasteiger partial charge < -0.3 is 10.8 Å². The van der Waals surface area contributed by atoms with Gasteiger partial charge in [-0.1, -0.05) is 6.07 Å². The van der Waals surface area contributed by atoms with E-state index in [2.05, 4.69) is 0 Å². The lowest BCUT2D eigenvalue weighted by Crippen LogP contribution is -2.23. The molecule has 4 heteroatoms. The molecule has 0 saturated carbocycles. The fraction of sp³-hybridized carbons (Fsp3) is 0.333. The van der Waals surface area contributed by atoms with Crippen molar-refractivity contribution in [1.29, 1.82) is 0 Å².